The zero-order chi connectivity index (χ0) is 50.6. The number of piperidine rings is 2. The van der Waals surface area contributed by atoms with E-state index in [1.807, 2.05) is 58.6 Å². The molecule has 0 aromatic carbocycles. The minimum absolute atomic E-state index is 0.0193. The molecule has 0 spiro atoms. The van der Waals surface area contributed by atoms with Crippen LogP contribution in [0.1, 0.15) is 147 Å². The van der Waals surface area contributed by atoms with Crippen molar-refractivity contribution in [3.63, 3.8) is 0 Å². The van der Waals surface area contributed by atoms with Crippen LogP contribution >= 0.6 is 57.5 Å². The molecule has 4 aromatic rings. The number of amides is 3. The van der Waals surface area contributed by atoms with Gasteiger partial charge in [0.15, 0.2) is 0 Å². The second-order valence-corrected chi connectivity index (χ2v) is 25.9. The van der Waals surface area contributed by atoms with Crippen LogP contribution in [-0.4, -0.2) is 134 Å². The van der Waals surface area contributed by atoms with Gasteiger partial charge in [0.2, 0.25) is 0 Å². The average Bonchev–Trinajstić information content (AvgIpc) is 4.23. The molecule has 1 N–H and O–H groups in total. The Morgan fingerprint density at radius 3 is 1.42 bits per heavy atom. The van der Waals surface area contributed by atoms with E-state index in [4.69, 9.17) is 54.5 Å². The summed E-state index contributed by atoms with van der Waals surface area (Å²) in [5.74, 6) is 0.827. The fourth-order valence-corrected chi connectivity index (χ4v) is 13.1. The standard InChI is InChI=1S/C26H35ClN4O3S.C21H28ClN3OS.C5H8ClNO2/c1-26(2,3)24(32)31-20(6-7-21-8-9-23(27)35-21)16-22(28-31)17-14-18-4-5-19(15-17)30(18)25(33)29-10-12-34-13-11-29;1-21(2,3)20(26)25-16(6-7-17-8-9-19(22)27-17)12-18(24-25)13-10-14-4-5-15(11-13)23-14;6-5(8)7-1-3-9-4-2-7/h8-9,16-19H,4-7,10-15H2,1-3H3;8-9,12-15,23H,4-7,10-11H2,1-3H3;1-4H2. The summed E-state index contributed by atoms with van der Waals surface area (Å²) in [5.41, 5.74) is 3.13. The number of nitrogens with one attached hydrogen (secondary N) is 1. The molecule has 6 aliphatic heterocycles. The highest BCUT2D eigenvalue weighted by Gasteiger charge is 2.46. The fourth-order valence-electron chi connectivity index (χ4n) is 10.8. The number of morpholine rings is 2. The second kappa shape index (κ2) is 23.5. The molecule has 4 bridgehead atoms. The van der Waals surface area contributed by atoms with E-state index >= 15 is 0 Å². The van der Waals surface area contributed by atoms with E-state index in [9.17, 15) is 19.2 Å². The lowest BCUT2D eigenvalue weighted by Crippen LogP contribution is -2.54. The molecule has 0 aliphatic carbocycles. The van der Waals surface area contributed by atoms with Gasteiger partial charge in [-0.05, 0) is 125 Å². The average molecular weight is 1070 g/mol. The first kappa shape index (κ1) is 53.9. The molecule has 19 heteroatoms. The van der Waals surface area contributed by atoms with Crippen molar-refractivity contribution >= 4 is 80.7 Å². The Morgan fingerprint density at radius 2 is 1.04 bits per heavy atom. The van der Waals surface area contributed by atoms with Crippen LogP contribution in [0.3, 0.4) is 0 Å². The molecule has 6 fully saturated rings. The van der Waals surface area contributed by atoms with Gasteiger partial charge in [0.05, 0.1) is 46.5 Å². The third-order valence-corrected chi connectivity index (χ3v) is 17.4. The molecule has 0 saturated carbocycles. The van der Waals surface area contributed by atoms with Crippen molar-refractivity contribution in [2.45, 2.75) is 155 Å². The normalized spacial score (nSPS) is 24.3. The van der Waals surface area contributed by atoms with Crippen LogP contribution in [0.2, 0.25) is 8.67 Å². The highest BCUT2D eigenvalue weighted by molar-refractivity contribution is 7.16. The number of halogens is 3. The molecule has 10 heterocycles. The third kappa shape index (κ3) is 13.7. The lowest BCUT2D eigenvalue weighted by molar-refractivity contribution is 0.0330. The zero-order valence-corrected chi connectivity index (χ0v) is 46.0. The van der Waals surface area contributed by atoms with Crippen LogP contribution in [0.5, 0.6) is 0 Å². The number of urea groups is 1. The molecular weight excluding hydrogens is 1000 g/mol. The smallest absolute Gasteiger partial charge is 0.320 e. The van der Waals surface area contributed by atoms with Gasteiger partial charge in [0, 0.05) is 94.2 Å². The van der Waals surface area contributed by atoms with Gasteiger partial charge < -0.3 is 29.5 Å². The minimum Gasteiger partial charge on any atom is -0.378 e. The van der Waals surface area contributed by atoms with Crippen molar-refractivity contribution in [2.75, 3.05) is 52.6 Å². The Morgan fingerprint density at radius 1 is 0.620 bits per heavy atom. The van der Waals surface area contributed by atoms with Crippen molar-refractivity contribution in [1.82, 2.24) is 39.6 Å². The Balaban J connectivity index is 0.000000166. The van der Waals surface area contributed by atoms with Crippen LogP contribution in [0.25, 0.3) is 0 Å². The lowest BCUT2D eigenvalue weighted by Gasteiger charge is -2.42. The second-order valence-electron chi connectivity index (χ2n) is 22.0. The molecule has 4 unspecified atom stereocenters. The van der Waals surface area contributed by atoms with E-state index in [0.717, 1.165) is 95.7 Å². The Bertz CT molecular complexity index is 2450. The number of nitrogens with zero attached hydrogens (tertiary/aromatic N) is 7. The number of hydrogen-bond acceptors (Lipinski definition) is 11. The van der Waals surface area contributed by atoms with Crippen molar-refractivity contribution in [2.24, 2.45) is 10.8 Å². The van der Waals surface area contributed by atoms with Crippen molar-refractivity contribution in [1.29, 1.82) is 0 Å². The van der Waals surface area contributed by atoms with E-state index in [2.05, 4.69) is 34.5 Å². The zero-order valence-electron chi connectivity index (χ0n) is 42.1. The van der Waals surface area contributed by atoms with Gasteiger partial charge in [-0.3, -0.25) is 14.4 Å². The van der Waals surface area contributed by atoms with Crippen LogP contribution in [0, 0.1) is 10.8 Å². The number of aromatic nitrogens is 4. The van der Waals surface area contributed by atoms with Crippen LogP contribution < -0.4 is 5.32 Å². The predicted octanol–water partition coefficient (Wildman–Crippen LogP) is 11.0. The molecule has 71 heavy (non-hydrogen) atoms. The van der Waals surface area contributed by atoms with Gasteiger partial charge in [0.1, 0.15) is 0 Å². The first-order valence-electron chi connectivity index (χ1n) is 25.5. The first-order valence-corrected chi connectivity index (χ1v) is 28.3. The van der Waals surface area contributed by atoms with Gasteiger partial charge in [-0.1, -0.05) is 64.7 Å². The Hall–Kier alpha value is -3.35. The highest BCUT2D eigenvalue weighted by Crippen LogP contribution is 2.44. The molecule has 4 aromatic heterocycles. The van der Waals surface area contributed by atoms with E-state index in [1.54, 1.807) is 36.9 Å². The third-order valence-electron chi connectivity index (χ3n) is 14.6. The van der Waals surface area contributed by atoms with Gasteiger partial charge >= 0.3 is 11.4 Å². The summed E-state index contributed by atoms with van der Waals surface area (Å²) in [4.78, 5) is 58.1. The summed E-state index contributed by atoms with van der Waals surface area (Å²) in [6.07, 6.45) is 12.0. The molecule has 0 radical (unpaired) electrons. The summed E-state index contributed by atoms with van der Waals surface area (Å²) < 4.78 is 15.4. The number of ether oxygens (including phenoxy) is 2. The van der Waals surface area contributed by atoms with Crippen LogP contribution in [0.15, 0.2) is 36.4 Å². The maximum atomic E-state index is 13.3. The number of aryl methyl sites for hydroxylation is 4. The summed E-state index contributed by atoms with van der Waals surface area (Å²) in [7, 11) is 0. The molecule has 6 saturated heterocycles. The van der Waals surface area contributed by atoms with E-state index < -0.39 is 10.8 Å². The molecular formula is C52H71Cl3N8O6S2. The minimum atomic E-state index is -0.517. The topological polar surface area (TPSA) is 144 Å². The quantitative estimate of drug-likeness (QED) is 0.135. The highest BCUT2D eigenvalue weighted by atomic mass is 35.5. The van der Waals surface area contributed by atoms with Crippen molar-refractivity contribution in [3.05, 3.63) is 77.6 Å². The lowest BCUT2D eigenvalue weighted by atomic mass is 9.88. The van der Waals surface area contributed by atoms with E-state index in [0.29, 0.717) is 70.6 Å². The molecule has 3 amide bonds. The summed E-state index contributed by atoms with van der Waals surface area (Å²) in [6, 6.07) is 14.2. The Labute approximate surface area is 442 Å². The number of rotatable bonds is 8. The molecule has 10 rings (SSSR count). The number of carbonyl (C=O) groups excluding carboxylic acids is 4. The van der Waals surface area contributed by atoms with Gasteiger partial charge in [0.25, 0.3) is 11.8 Å². The number of hydrogen-bond donors (Lipinski definition) is 1. The maximum absolute atomic E-state index is 13.3. The van der Waals surface area contributed by atoms with Crippen LogP contribution in [0.4, 0.5) is 9.59 Å². The fraction of sp³-hybridized carbons (Fsp3) is 0.654. The maximum Gasteiger partial charge on any atom is 0.320 e. The SMILES string of the molecule is CC(C)(C)C(=O)n1nc(C2CC3CCC(C2)N3)cc1CCc1ccc(Cl)s1.CC(C)(C)C(=O)n1nc(C2CC3CCC(C2)N3C(=O)N2CCOCC2)cc1CCc1ccc(Cl)s1.O=C(Cl)N1CCOCC1. The first-order chi connectivity index (χ1) is 33.8. The van der Waals surface area contributed by atoms with Gasteiger partial charge in [-0.2, -0.15) is 10.2 Å². The van der Waals surface area contributed by atoms with Crippen molar-refractivity contribution < 1.29 is 28.7 Å². The van der Waals surface area contributed by atoms with Gasteiger partial charge in [-0.15, -0.1) is 22.7 Å². The van der Waals surface area contributed by atoms with Crippen LogP contribution in [-0.2, 0) is 35.2 Å². The van der Waals surface area contributed by atoms with E-state index in [1.165, 1.54) is 22.6 Å². The number of fused-ring (bicyclic) bond motifs is 4. The van der Waals surface area contributed by atoms with Gasteiger partial charge in [-0.25, -0.2) is 14.2 Å². The monoisotopic (exact) mass is 1070 g/mol. The molecule has 6 aliphatic rings. The van der Waals surface area contributed by atoms with Crippen molar-refractivity contribution in [3.8, 4) is 0 Å². The summed E-state index contributed by atoms with van der Waals surface area (Å²) >= 11 is 20.6. The Kier molecular flexibility index (Phi) is 17.8. The summed E-state index contributed by atoms with van der Waals surface area (Å²) in [5, 5.41) is 13.0. The number of carbonyl (C=O) groups is 4. The van der Waals surface area contributed by atoms with E-state index in [-0.39, 0.29) is 41.2 Å². The molecule has 4 atom stereocenters. The largest absolute Gasteiger partial charge is 0.378 e. The number of thiophene rings is 2. The molecule has 14 nitrogen and oxygen atoms in total. The summed E-state index contributed by atoms with van der Waals surface area (Å²) in [6.45, 7) is 16.8. The molecule has 388 valence electrons. The predicted molar refractivity (Wildman–Crippen MR) is 282 cm³/mol.